The Balaban J connectivity index is 1.86. The summed E-state index contributed by atoms with van der Waals surface area (Å²) >= 11 is 0. The molecule has 1 aromatic heterocycles. The molecular weight excluding hydrogens is 354 g/mol. The van der Waals surface area contributed by atoms with Crippen LogP contribution < -0.4 is 4.74 Å². The van der Waals surface area contributed by atoms with Crippen molar-refractivity contribution in [3.8, 4) is 33.8 Å². The second kappa shape index (κ2) is 8.74. The number of pyridine rings is 1. The summed E-state index contributed by atoms with van der Waals surface area (Å²) in [6.07, 6.45) is 5.63. The molecule has 4 aromatic rings. The molecule has 2 nitrogen and oxygen atoms in total. The molecule has 2 heteroatoms. The molecule has 144 valence electrons. The first-order chi connectivity index (χ1) is 14.3. The van der Waals surface area contributed by atoms with Gasteiger partial charge in [-0.3, -0.25) is 4.98 Å². The number of aryl methyl sites for hydroxylation is 2. The van der Waals surface area contributed by atoms with E-state index in [1.807, 2.05) is 42.7 Å². The first kappa shape index (κ1) is 18.9. The Labute approximate surface area is 172 Å². The zero-order valence-corrected chi connectivity index (χ0v) is 16.9. The van der Waals surface area contributed by atoms with Gasteiger partial charge < -0.3 is 4.74 Å². The summed E-state index contributed by atoms with van der Waals surface area (Å²) in [5.41, 5.74) is 7.34. The Hall–Kier alpha value is -3.39. The van der Waals surface area contributed by atoms with Crippen LogP contribution in [0.3, 0.4) is 0 Å². The molecule has 0 aliphatic carbocycles. The third kappa shape index (κ3) is 4.22. The molecule has 0 unspecified atom stereocenters. The van der Waals surface area contributed by atoms with Crippen molar-refractivity contribution in [2.75, 3.05) is 0 Å². The quantitative estimate of drug-likeness (QED) is 0.350. The molecule has 1 heterocycles. The largest absolute Gasteiger partial charge is 0.457 e. The summed E-state index contributed by atoms with van der Waals surface area (Å²) in [6.45, 7) is 4.39. The lowest BCUT2D eigenvalue weighted by Crippen LogP contribution is -1.95. The van der Waals surface area contributed by atoms with E-state index < -0.39 is 0 Å². The Kier molecular flexibility index (Phi) is 5.71. The molecule has 0 saturated heterocycles. The fourth-order valence-corrected chi connectivity index (χ4v) is 3.57. The van der Waals surface area contributed by atoms with E-state index in [4.69, 9.17) is 4.74 Å². The number of aromatic nitrogens is 1. The summed E-state index contributed by atoms with van der Waals surface area (Å²) in [4.78, 5) is 4.15. The Morgan fingerprint density at radius 3 is 2.21 bits per heavy atom. The lowest BCUT2D eigenvalue weighted by atomic mass is 9.92. The summed E-state index contributed by atoms with van der Waals surface area (Å²) in [5, 5.41) is 0. The average Bonchev–Trinajstić information content (AvgIpc) is 2.80. The number of nitrogens with zero attached hydrogens (tertiary/aromatic N) is 1. The standard InChI is InChI=1S/C27H25NO/c1-3-20-10-13-27(29-24-8-6-5-7-9-24)26(18-20)25-19-23(12-11-21(25)4-2)22-14-16-28-17-15-22/h5-19H,3-4H2,1-2H3. The van der Waals surface area contributed by atoms with E-state index in [9.17, 15) is 0 Å². The Bertz CT molecular complexity index is 1090. The van der Waals surface area contributed by atoms with Crippen LogP contribution in [0.2, 0.25) is 0 Å². The van der Waals surface area contributed by atoms with Gasteiger partial charge in [0.2, 0.25) is 0 Å². The van der Waals surface area contributed by atoms with Gasteiger partial charge in [-0.1, -0.05) is 50.2 Å². The predicted octanol–water partition coefficient (Wildman–Crippen LogP) is 7.33. The monoisotopic (exact) mass is 379 g/mol. The SMILES string of the molecule is CCc1ccc(Oc2ccccc2)c(-c2cc(-c3ccncc3)ccc2CC)c1. The van der Waals surface area contributed by atoms with Crippen LogP contribution in [0, 0.1) is 0 Å². The molecule has 0 amide bonds. The smallest absolute Gasteiger partial charge is 0.135 e. The molecule has 0 spiro atoms. The third-order valence-corrected chi connectivity index (χ3v) is 5.22. The minimum Gasteiger partial charge on any atom is -0.457 e. The van der Waals surface area contributed by atoms with Crippen molar-refractivity contribution in [1.29, 1.82) is 0 Å². The van der Waals surface area contributed by atoms with E-state index >= 15 is 0 Å². The van der Waals surface area contributed by atoms with Gasteiger partial charge in [-0.25, -0.2) is 0 Å². The van der Waals surface area contributed by atoms with Gasteiger partial charge in [0.05, 0.1) is 0 Å². The molecule has 4 rings (SSSR count). The lowest BCUT2D eigenvalue weighted by molar-refractivity contribution is 0.484. The molecule has 0 aliphatic heterocycles. The zero-order valence-electron chi connectivity index (χ0n) is 16.9. The number of rotatable bonds is 6. The number of para-hydroxylation sites is 1. The minimum absolute atomic E-state index is 0.848. The molecule has 0 radical (unpaired) electrons. The third-order valence-electron chi connectivity index (χ3n) is 5.22. The minimum atomic E-state index is 0.848. The average molecular weight is 380 g/mol. The summed E-state index contributed by atoms with van der Waals surface area (Å²) in [7, 11) is 0. The van der Waals surface area contributed by atoms with E-state index in [0.717, 1.165) is 29.9 Å². The van der Waals surface area contributed by atoms with Crippen LogP contribution in [0.4, 0.5) is 0 Å². The molecule has 29 heavy (non-hydrogen) atoms. The van der Waals surface area contributed by atoms with Gasteiger partial charge in [0.1, 0.15) is 11.5 Å². The van der Waals surface area contributed by atoms with Crippen LogP contribution in [0.15, 0.2) is 91.3 Å². The summed E-state index contributed by atoms with van der Waals surface area (Å²) in [6, 6.07) is 27.3. The van der Waals surface area contributed by atoms with Crippen molar-refractivity contribution in [3.05, 3.63) is 102 Å². The number of benzene rings is 3. The molecule has 0 fully saturated rings. The van der Waals surface area contributed by atoms with Crippen LogP contribution in [0.1, 0.15) is 25.0 Å². The highest BCUT2D eigenvalue weighted by Crippen LogP contribution is 2.38. The van der Waals surface area contributed by atoms with Crippen molar-refractivity contribution >= 4 is 0 Å². The number of hydrogen-bond donors (Lipinski definition) is 0. The normalized spacial score (nSPS) is 10.7. The van der Waals surface area contributed by atoms with E-state index in [1.54, 1.807) is 0 Å². The van der Waals surface area contributed by atoms with E-state index in [1.165, 1.54) is 27.8 Å². The molecule has 0 saturated carbocycles. The number of hydrogen-bond acceptors (Lipinski definition) is 2. The maximum absolute atomic E-state index is 6.30. The van der Waals surface area contributed by atoms with Gasteiger partial charge in [-0.2, -0.15) is 0 Å². The van der Waals surface area contributed by atoms with Crippen molar-refractivity contribution < 1.29 is 4.74 Å². The topological polar surface area (TPSA) is 22.1 Å². The van der Waals surface area contributed by atoms with Crippen LogP contribution in [-0.4, -0.2) is 4.98 Å². The van der Waals surface area contributed by atoms with Crippen LogP contribution in [0.5, 0.6) is 11.5 Å². The van der Waals surface area contributed by atoms with Crippen molar-refractivity contribution in [1.82, 2.24) is 4.98 Å². The van der Waals surface area contributed by atoms with Crippen LogP contribution >= 0.6 is 0 Å². The van der Waals surface area contributed by atoms with Gasteiger partial charge in [0.15, 0.2) is 0 Å². The highest BCUT2D eigenvalue weighted by Gasteiger charge is 2.13. The van der Waals surface area contributed by atoms with Gasteiger partial charge in [0.25, 0.3) is 0 Å². The molecular formula is C27H25NO. The van der Waals surface area contributed by atoms with E-state index in [-0.39, 0.29) is 0 Å². The van der Waals surface area contributed by atoms with Gasteiger partial charge in [0, 0.05) is 18.0 Å². The second-order valence-corrected chi connectivity index (χ2v) is 7.06. The highest BCUT2D eigenvalue weighted by molar-refractivity contribution is 5.79. The fraction of sp³-hybridized carbons (Fsp3) is 0.148. The first-order valence-corrected chi connectivity index (χ1v) is 10.2. The number of ether oxygens (including phenoxy) is 1. The summed E-state index contributed by atoms with van der Waals surface area (Å²) in [5.74, 6) is 1.73. The molecule has 0 bridgehead atoms. The molecule has 0 N–H and O–H groups in total. The van der Waals surface area contributed by atoms with Gasteiger partial charge in [-0.05, 0) is 83.1 Å². The molecule has 3 aromatic carbocycles. The van der Waals surface area contributed by atoms with E-state index in [2.05, 4.69) is 67.4 Å². The summed E-state index contributed by atoms with van der Waals surface area (Å²) < 4.78 is 6.30. The second-order valence-electron chi connectivity index (χ2n) is 7.06. The van der Waals surface area contributed by atoms with Crippen LogP contribution in [0.25, 0.3) is 22.3 Å². The maximum atomic E-state index is 6.30. The lowest BCUT2D eigenvalue weighted by Gasteiger charge is -2.17. The highest BCUT2D eigenvalue weighted by atomic mass is 16.5. The van der Waals surface area contributed by atoms with Crippen LogP contribution in [-0.2, 0) is 12.8 Å². The van der Waals surface area contributed by atoms with Crippen molar-refractivity contribution in [2.24, 2.45) is 0 Å². The van der Waals surface area contributed by atoms with Gasteiger partial charge in [-0.15, -0.1) is 0 Å². The Morgan fingerprint density at radius 2 is 1.48 bits per heavy atom. The van der Waals surface area contributed by atoms with Crippen molar-refractivity contribution in [2.45, 2.75) is 26.7 Å². The fourth-order valence-electron chi connectivity index (χ4n) is 3.57. The van der Waals surface area contributed by atoms with Gasteiger partial charge >= 0.3 is 0 Å². The molecule has 0 atom stereocenters. The zero-order chi connectivity index (χ0) is 20.1. The predicted molar refractivity (Wildman–Crippen MR) is 120 cm³/mol. The Morgan fingerprint density at radius 1 is 0.690 bits per heavy atom. The maximum Gasteiger partial charge on any atom is 0.135 e. The molecule has 0 aliphatic rings. The first-order valence-electron chi connectivity index (χ1n) is 10.2. The van der Waals surface area contributed by atoms with E-state index in [0.29, 0.717) is 0 Å². The van der Waals surface area contributed by atoms with Crippen molar-refractivity contribution in [3.63, 3.8) is 0 Å².